The van der Waals surface area contributed by atoms with Crippen LogP contribution in [0, 0.1) is 6.92 Å². The number of amides is 1. The number of nitrogens with zero attached hydrogens (tertiary/aromatic N) is 2. The summed E-state index contributed by atoms with van der Waals surface area (Å²) in [6.07, 6.45) is 3.50. The summed E-state index contributed by atoms with van der Waals surface area (Å²) < 4.78 is 0. The van der Waals surface area contributed by atoms with Crippen LogP contribution in [0.25, 0.3) is 0 Å². The Hall–Kier alpha value is -0.870. The molecule has 0 saturated carbocycles. The first kappa shape index (κ1) is 14.1. The van der Waals surface area contributed by atoms with Crippen molar-refractivity contribution in [3.05, 3.63) is 21.9 Å². The first-order valence-electron chi connectivity index (χ1n) is 7.59. The molecule has 1 aromatic heterocycles. The molecule has 0 unspecified atom stereocenters. The van der Waals surface area contributed by atoms with Gasteiger partial charge in [0.1, 0.15) is 0 Å². The van der Waals surface area contributed by atoms with E-state index < -0.39 is 0 Å². The predicted octanol–water partition coefficient (Wildman–Crippen LogP) is 3.14. The lowest BCUT2D eigenvalue weighted by molar-refractivity contribution is 0.0698. The van der Waals surface area contributed by atoms with Gasteiger partial charge in [0, 0.05) is 24.2 Å². The third-order valence-electron chi connectivity index (χ3n) is 5.13. The second-order valence-corrected chi connectivity index (χ2v) is 7.42. The molecule has 0 aromatic carbocycles. The first-order valence-corrected chi connectivity index (χ1v) is 8.47. The van der Waals surface area contributed by atoms with Gasteiger partial charge in [0.25, 0.3) is 5.91 Å². The van der Waals surface area contributed by atoms with Crippen molar-refractivity contribution < 1.29 is 4.79 Å². The van der Waals surface area contributed by atoms with E-state index in [1.165, 1.54) is 12.8 Å². The minimum atomic E-state index is 0.268. The van der Waals surface area contributed by atoms with Crippen LogP contribution in [-0.4, -0.2) is 46.9 Å². The highest BCUT2D eigenvalue weighted by molar-refractivity contribution is 7.12. The molecule has 1 amide bonds. The van der Waals surface area contributed by atoms with Gasteiger partial charge in [-0.25, -0.2) is 0 Å². The van der Waals surface area contributed by atoms with Crippen molar-refractivity contribution in [3.63, 3.8) is 0 Å². The van der Waals surface area contributed by atoms with Crippen LogP contribution in [0.1, 0.15) is 48.3 Å². The number of hydrogen-bond donors (Lipinski definition) is 0. The molecule has 3 rings (SSSR count). The maximum Gasteiger partial charge on any atom is 0.264 e. The molecule has 110 valence electrons. The van der Waals surface area contributed by atoms with Crippen LogP contribution >= 0.6 is 11.3 Å². The predicted molar refractivity (Wildman–Crippen MR) is 83.3 cm³/mol. The molecule has 0 N–H and O–H groups in total. The Bertz CT molecular complexity index is 510. The summed E-state index contributed by atoms with van der Waals surface area (Å²) in [5.41, 5.74) is 1.13. The molecule has 0 aliphatic carbocycles. The summed E-state index contributed by atoms with van der Waals surface area (Å²) in [5.74, 6) is 0.268. The van der Waals surface area contributed by atoms with E-state index in [-0.39, 0.29) is 5.91 Å². The molecule has 0 spiro atoms. The maximum absolute atomic E-state index is 12.8. The van der Waals surface area contributed by atoms with Gasteiger partial charge in [0.05, 0.1) is 4.88 Å². The average Bonchev–Trinajstić information content (AvgIpc) is 3.10. The number of fused-ring (bicyclic) bond motifs is 2. The summed E-state index contributed by atoms with van der Waals surface area (Å²) in [4.78, 5) is 18.4. The number of likely N-dealkylation sites (N-methyl/N-ethyl adjacent to an activating group) is 1. The van der Waals surface area contributed by atoms with E-state index in [1.54, 1.807) is 11.3 Å². The molecule has 2 aliphatic heterocycles. The van der Waals surface area contributed by atoms with E-state index in [2.05, 4.69) is 30.7 Å². The Labute approximate surface area is 125 Å². The van der Waals surface area contributed by atoms with Crippen molar-refractivity contribution >= 4 is 17.2 Å². The Morgan fingerprint density at radius 2 is 2.20 bits per heavy atom. The van der Waals surface area contributed by atoms with Gasteiger partial charge < -0.3 is 4.90 Å². The third kappa shape index (κ3) is 2.09. The minimum Gasteiger partial charge on any atom is -0.330 e. The standard InChI is InChI=1S/C16H24N2OS/c1-10(2)17(4)14-9-12-5-6-13(14)18(12)16(19)15-11(3)7-8-20-15/h7-8,10,12-14H,5-6,9H2,1-4H3/t12-,13-,14+/m0/s1. The van der Waals surface area contributed by atoms with Gasteiger partial charge in [-0.2, -0.15) is 0 Å². The molecule has 3 heterocycles. The largest absolute Gasteiger partial charge is 0.330 e. The van der Waals surface area contributed by atoms with Crippen molar-refractivity contribution in [2.24, 2.45) is 0 Å². The summed E-state index contributed by atoms with van der Waals surface area (Å²) in [6, 6.07) is 4.01. The van der Waals surface area contributed by atoms with Gasteiger partial charge in [0.2, 0.25) is 0 Å². The Balaban J connectivity index is 1.82. The zero-order valence-corrected chi connectivity index (χ0v) is 13.6. The molecule has 2 aliphatic rings. The number of carbonyl (C=O) groups excluding carboxylic acids is 1. The monoisotopic (exact) mass is 292 g/mol. The summed E-state index contributed by atoms with van der Waals surface area (Å²) >= 11 is 1.59. The van der Waals surface area contributed by atoms with Crippen molar-refractivity contribution in [2.75, 3.05) is 7.05 Å². The Morgan fingerprint density at radius 3 is 2.80 bits per heavy atom. The van der Waals surface area contributed by atoms with Gasteiger partial charge in [-0.1, -0.05) is 0 Å². The number of aryl methyl sites for hydroxylation is 1. The number of carbonyl (C=O) groups is 1. The average molecular weight is 292 g/mol. The molecule has 2 fully saturated rings. The molecule has 20 heavy (non-hydrogen) atoms. The fraction of sp³-hybridized carbons (Fsp3) is 0.688. The van der Waals surface area contributed by atoms with Crippen LogP contribution in [0.3, 0.4) is 0 Å². The van der Waals surface area contributed by atoms with Gasteiger partial charge in [0.15, 0.2) is 0 Å². The van der Waals surface area contributed by atoms with Crippen molar-refractivity contribution in [1.82, 2.24) is 9.80 Å². The third-order valence-corrected chi connectivity index (χ3v) is 6.14. The zero-order chi connectivity index (χ0) is 14.4. The Kier molecular flexibility index (Phi) is 3.63. The second-order valence-electron chi connectivity index (χ2n) is 6.51. The highest BCUT2D eigenvalue weighted by Crippen LogP contribution is 2.41. The topological polar surface area (TPSA) is 23.6 Å². The lowest BCUT2D eigenvalue weighted by atomic mass is 9.94. The highest BCUT2D eigenvalue weighted by atomic mass is 32.1. The normalized spacial score (nSPS) is 28.9. The van der Waals surface area contributed by atoms with Crippen LogP contribution < -0.4 is 0 Å². The van der Waals surface area contributed by atoms with Crippen LogP contribution in [0.5, 0.6) is 0 Å². The number of thiophene rings is 1. The van der Waals surface area contributed by atoms with Gasteiger partial charge >= 0.3 is 0 Å². The van der Waals surface area contributed by atoms with Crippen LogP contribution in [0.4, 0.5) is 0 Å². The smallest absolute Gasteiger partial charge is 0.264 e. The molecule has 4 heteroatoms. The SMILES string of the molecule is Cc1ccsc1C(=O)N1[C@H]2CC[C@H]1[C@H](N(C)C(C)C)C2. The molecule has 1 aromatic rings. The van der Waals surface area contributed by atoms with E-state index >= 15 is 0 Å². The van der Waals surface area contributed by atoms with Gasteiger partial charge in [-0.05, 0) is 64.1 Å². The summed E-state index contributed by atoms with van der Waals surface area (Å²) in [7, 11) is 2.20. The van der Waals surface area contributed by atoms with Crippen molar-refractivity contribution in [2.45, 2.75) is 64.2 Å². The maximum atomic E-state index is 12.8. The minimum absolute atomic E-state index is 0.268. The zero-order valence-electron chi connectivity index (χ0n) is 12.8. The molecule has 3 atom stereocenters. The molecule has 3 nitrogen and oxygen atoms in total. The van der Waals surface area contributed by atoms with E-state index in [1.807, 2.05) is 18.4 Å². The number of rotatable bonds is 3. The second kappa shape index (κ2) is 5.15. The van der Waals surface area contributed by atoms with Gasteiger partial charge in [-0.3, -0.25) is 9.69 Å². The van der Waals surface area contributed by atoms with E-state index in [0.717, 1.165) is 16.9 Å². The van der Waals surface area contributed by atoms with Gasteiger partial charge in [-0.15, -0.1) is 11.3 Å². The molecular formula is C16H24N2OS. The molecule has 2 saturated heterocycles. The van der Waals surface area contributed by atoms with Crippen molar-refractivity contribution in [3.8, 4) is 0 Å². The number of hydrogen-bond acceptors (Lipinski definition) is 3. The first-order chi connectivity index (χ1) is 9.50. The summed E-state index contributed by atoms with van der Waals surface area (Å²) in [5, 5.41) is 2.03. The van der Waals surface area contributed by atoms with E-state index in [9.17, 15) is 4.79 Å². The van der Waals surface area contributed by atoms with Crippen molar-refractivity contribution in [1.29, 1.82) is 0 Å². The molecular weight excluding hydrogens is 268 g/mol. The van der Waals surface area contributed by atoms with Crippen LogP contribution in [-0.2, 0) is 0 Å². The van der Waals surface area contributed by atoms with E-state index in [0.29, 0.717) is 24.2 Å². The molecule has 2 bridgehead atoms. The van der Waals surface area contributed by atoms with E-state index in [4.69, 9.17) is 0 Å². The quantitative estimate of drug-likeness (QED) is 0.854. The fourth-order valence-electron chi connectivity index (χ4n) is 3.80. The van der Waals surface area contributed by atoms with Crippen LogP contribution in [0.15, 0.2) is 11.4 Å². The lowest BCUT2D eigenvalue weighted by Gasteiger charge is -2.34. The fourth-order valence-corrected chi connectivity index (χ4v) is 4.67. The molecule has 0 radical (unpaired) electrons. The van der Waals surface area contributed by atoms with Crippen LogP contribution in [0.2, 0.25) is 0 Å². The lowest BCUT2D eigenvalue weighted by Crippen LogP contribution is -2.46. The highest BCUT2D eigenvalue weighted by Gasteiger charge is 2.50. The summed E-state index contributed by atoms with van der Waals surface area (Å²) in [6.45, 7) is 6.52. The Morgan fingerprint density at radius 1 is 1.45 bits per heavy atom.